The molecule has 0 heterocycles. The number of likely N-dealkylation sites (N-methyl/N-ethyl adjacent to an activating group) is 1. The van der Waals surface area contributed by atoms with Crippen LogP contribution in [0.2, 0.25) is 0 Å². The lowest BCUT2D eigenvalue weighted by Crippen LogP contribution is -2.37. The van der Waals surface area contributed by atoms with Crippen LogP contribution < -0.4 is 5.32 Å². The van der Waals surface area contributed by atoms with Crippen LogP contribution in [0, 0.1) is 0 Å². The van der Waals surface area contributed by atoms with Crippen molar-refractivity contribution in [2.75, 3.05) is 20.1 Å². The van der Waals surface area contributed by atoms with Crippen LogP contribution in [-0.2, 0) is 0 Å². The number of nitrogens with zero attached hydrogens (tertiary/aromatic N) is 1. The minimum absolute atomic E-state index is 0.00873. The highest BCUT2D eigenvalue weighted by Gasteiger charge is 2.19. The highest BCUT2D eigenvalue weighted by Crippen LogP contribution is 2.22. The van der Waals surface area contributed by atoms with E-state index in [0.29, 0.717) is 12.6 Å². The molecule has 0 aromatic heterocycles. The molecule has 3 rings (SSSR count). The molecule has 0 radical (unpaired) electrons. The van der Waals surface area contributed by atoms with Crippen LogP contribution >= 0.6 is 0 Å². The third kappa shape index (κ3) is 4.24. The Morgan fingerprint density at radius 2 is 1.62 bits per heavy atom. The summed E-state index contributed by atoms with van der Waals surface area (Å²) in [6.45, 7) is 1.62. The molecule has 1 amide bonds. The molecule has 0 atom stereocenters. The normalized spacial score (nSPS) is 14.9. The van der Waals surface area contributed by atoms with E-state index >= 15 is 0 Å². The maximum atomic E-state index is 12.3. The third-order valence-electron chi connectivity index (χ3n) is 4.95. The van der Waals surface area contributed by atoms with Crippen molar-refractivity contribution < 1.29 is 4.79 Å². The minimum Gasteiger partial charge on any atom is -0.351 e. The number of nitrogens with one attached hydrogen (secondary N) is 1. The van der Waals surface area contributed by atoms with Gasteiger partial charge in [0.15, 0.2) is 0 Å². The molecule has 24 heavy (non-hydrogen) atoms. The molecule has 1 N–H and O–H groups in total. The van der Waals surface area contributed by atoms with Gasteiger partial charge in [0.1, 0.15) is 0 Å². The number of benzene rings is 2. The Kier molecular flexibility index (Phi) is 5.65. The van der Waals surface area contributed by atoms with Crippen molar-refractivity contribution in [3.63, 3.8) is 0 Å². The Morgan fingerprint density at radius 1 is 1.00 bits per heavy atom. The molecule has 2 aromatic rings. The third-order valence-corrected chi connectivity index (χ3v) is 4.95. The number of hydrogen-bond acceptors (Lipinski definition) is 2. The van der Waals surface area contributed by atoms with Gasteiger partial charge in [-0.15, -0.1) is 0 Å². The van der Waals surface area contributed by atoms with E-state index in [9.17, 15) is 4.79 Å². The van der Waals surface area contributed by atoms with E-state index in [-0.39, 0.29) is 5.91 Å². The fourth-order valence-corrected chi connectivity index (χ4v) is 3.42. The molecule has 1 aliphatic rings. The number of carbonyl (C=O) groups is 1. The van der Waals surface area contributed by atoms with Crippen LogP contribution in [0.25, 0.3) is 11.1 Å². The monoisotopic (exact) mass is 322 g/mol. The van der Waals surface area contributed by atoms with E-state index in [1.807, 2.05) is 42.5 Å². The van der Waals surface area contributed by atoms with Gasteiger partial charge in [-0.3, -0.25) is 4.79 Å². The average Bonchev–Trinajstić information content (AvgIpc) is 3.17. The number of rotatable bonds is 6. The van der Waals surface area contributed by atoms with Crippen LogP contribution in [0.4, 0.5) is 0 Å². The minimum atomic E-state index is 0.00873. The Morgan fingerprint density at radius 3 is 2.29 bits per heavy atom. The Bertz CT molecular complexity index is 645. The summed E-state index contributed by atoms with van der Waals surface area (Å²) in [5.74, 6) is 0.00873. The topological polar surface area (TPSA) is 32.3 Å². The molecule has 3 heteroatoms. The molecule has 1 fully saturated rings. The fourth-order valence-electron chi connectivity index (χ4n) is 3.42. The van der Waals surface area contributed by atoms with Crippen LogP contribution in [0.3, 0.4) is 0 Å². The molecule has 0 aliphatic heterocycles. The van der Waals surface area contributed by atoms with Crippen LogP contribution in [0.15, 0.2) is 54.6 Å². The lowest BCUT2D eigenvalue weighted by molar-refractivity contribution is 0.0947. The Hall–Kier alpha value is -2.13. The average molecular weight is 322 g/mol. The number of amides is 1. The van der Waals surface area contributed by atoms with Crippen LogP contribution in [0.5, 0.6) is 0 Å². The van der Waals surface area contributed by atoms with Crippen molar-refractivity contribution in [2.24, 2.45) is 0 Å². The molecule has 1 aliphatic carbocycles. The van der Waals surface area contributed by atoms with E-state index in [1.165, 1.54) is 31.2 Å². The highest BCUT2D eigenvalue weighted by atomic mass is 16.1. The summed E-state index contributed by atoms with van der Waals surface area (Å²) < 4.78 is 0. The second kappa shape index (κ2) is 8.11. The highest BCUT2D eigenvalue weighted by molar-refractivity contribution is 5.94. The van der Waals surface area contributed by atoms with Crippen LogP contribution in [-0.4, -0.2) is 37.0 Å². The first-order chi connectivity index (χ1) is 11.7. The summed E-state index contributed by atoms with van der Waals surface area (Å²) in [5.41, 5.74) is 3.02. The maximum absolute atomic E-state index is 12.3. The number of hydrogen-bond donors (Lipinski definition) is 1. The molecular formula is C21H26N2O. The molecule has 0 unspecified atom stereocenters. The van der Waals surface area contributed by atoms with Gasteiger partial charge < -0.3 is 10.2 Å². The maximum Gasteiger partial charge on any atom is 0.251 e. The van der Waals surface area contributed by atoms with Crippen molar-refractivity contribution >= 4 is 5.91 Å². The second-order valence-electron chi connectivity index (χ2n) is 6.62. The first kappa shape index (κ1) is 16.7. The standard InChI is InChI=1S/C21H26N2O/c1-23(20-9-5-6-10-20)16-15-22-21(24)19-13-11-18(12-14-19)17-7-3-2-4-8-17/h2-4,7-8,11-14,20H,5-6,9-10,15-16H2,1H3,(H,22,24). The summed E-state index contributed by atoms with van der Waals surface area (Å²) in [4.78, 5) is 14.6. The summed E-state index contributed by atoms with van der Waals surface area (Å²) >= 11 is 0. The molecule has 3 nitrogen and oxygen atoms in total. The van der Waals surface area contributed by atoms with Gasteiger partial charge in [0.25, 0.3) is 5.91 Å². The smallest absolute Gasteiger partial charge is 0.251 e. The van der Waals surface area contributed by atoms with Crippen molar-refractivity contribution in [3.05, 3.63) is 60.2 Å². The quantitative estimate of drug-likeness (QED) is 0.873. The molecule has 1 saturated carbocycles. The van der Waals surface area contributed by atoms with E-state index in [2.05, 4.69) is 29.4 Å². The van der Waals surface area contributed by atoms with Crippen molar-refractivity contribution in [1.29, 1.82) is 0 Å². The van der Waals surface area contributed by atoms with Gasteiger partial charge in [-0.25, -0.2) is 0 Å². The van der Waals surface area contributed by atoms with E-state index in [4.69, 9.17) is 0 Å². The largest absolute Gasteiger partial charge is 0.351 e. The zero-order valence-electron chi connectivity index (χ0n) is 14.4. The van der Waals surface area contributed by atoms with E-state index in [0.717, 1.165) is 17.7 Å². The molecule has 0 bridgehead atoms. The first-order valence-electron chi connectivity index (χ1n) is 8.88. The summed E-state index contributed by atoms with van der Waals surface area (Å²) in [6, 6.07) is 18.7. The van der Waals surface area contributed by atoms with Gasteiger partial charge in [0.2, 0.25) is 0 Å². The lowest BCUT2D eigenvalue weighted by Gasteiger charge is -2.23. The molecule has 126 valence electrons. The Labute approximate surface area is 144 Å². The van der Waals surface area contributed by atoms with Crippen LogP contribution in [0.1, 0.15) is 36.0 Å². The summed E-state index contributed by atoms with van der Waals surface area (Å²) in [7, 11) is 2.16. The second-order valence-corrected chi connectivity index (χ2v) is 6.62. The summed E-state index contributed by atoms with van der Waals surface area (Å²) in [5, 5.41) is 3.03. The molecule has 2 aromatic carbocycles. The van der Waals surface area contributed by atoms with E-state index in [1.54, 1.807) is 0 Å². The lowest BCUT2D eigenvalue weighted by atomic mass is 10.0. The van der Waals surface area contributed by atoms with Gasteiger partial charge in [0.05, 0.1) is 0 Å². The SMILES string of the molecule is CN(CCNC(=O)c1ccc(-c2ccccc2)cc1)C1CCCC1. The van der Waals surface area contributed by atoms with Gasteiger partial charge in [-0.1, -0.05) is 55.3 Å². The molecular weight excluding hydrogens is 296 g/mol. The van der Waals surface area contributed by atoms with Gasteiger partial charge in [0, 0.05) is 24.7 Å². The molecule has 0 saturated heterocycles. The molecule has 0 spiro atoms. The van der Waals surface area contributed by atoms with Gasteiger partial charge >= 0.3 is 0 Å². The van der Waals surface area contributed by atoms with Gasteiger partial charge in [-0.05, 0) is 43.1 Å². The Balaban J connectivity index is 1.50. The summed E-state index contributed by atoms with van der Waals surface area (Å²) in [6.07, 6.45) is 5.28. The predicted octanol–water partition coefficient (Wildman–Crippen LogP) is 3.96. The number of carbonyl (C=O) groups excluding carboxylic acids is 1. The zero-order valence-corrected chi connectivity index (χ0v) is 14.4. The van der Waals surface area contributed by atoms with Crippen molar-refractivity contribution in [2.45, 2.75) is 31.7 Å². The zero-order chi connectivity index (χ0) is 16.8. The van der Waals surface area contributed by atoms with Gasteiger partial charge in [-0.2, -0.15) is 0 Å². The van der Waals surface area contributed by atoms with Crippen molar-refractivity contribution in [3.8, 4) is 11.1 Å². The van der Waals surface area contributed by atoms with E-state index < -0.39 is 0 Å². The fraction of sp³-hybridized carbons (Fsp3) is 0.381. The first-order valence-corrected chi connectivity index (χ1v) is 8.88. The van der Waals surface area contributed by atoms with Crippen molar-refractivity contribution in [1.82, 2.24) is 10.2 Å². The predicted molar refractivity (Wildman–Crippen MR) is 99.1 cm³/mol.